The smallest absolute Gasteiger partial charge is 0.0688 e. The summed E-state index contributed by atoms with van der Waals surface area (Å²) >= 11 is 0. The Hall–Kier alpha value is 0.130. The van der Waals surface area contributed by atoms with E-state index in [0.29, 0.717) is 10.6 Å². The van der Waals surface area contributed by atoms with Gasteiger partial charge in [-0.2, -0.15) is 0 Å². The standard InChI is InChI=1S/C25H48B2/c1-24(20-16-12-8-4-3-5-9-13-17-21-24)26-27-25(2)22-18-14-10-6-7-11-15-19-23-25/h3-23H2,1-2H3. The summed E-state index contributed by atoms with van der Waals surface area (Å²) in [6, 6.07) is 0. The summed E-state index contributed by atoms with van der Waals surface area (Å²) in [4.78, 5) is 0. The Labute approximate surface area is 173 Å². The SMILES string of the molecule is CC1([B][B]C2(C)CCCCCCCCCC2)CCCCCCCCCCC1. The first-order valence-electron chi connectivity index (χ1n) is 12.8. The highest BCUT2D eigenvalue weighted by atomic mass is 14.2. The lowest BCUT2D eigenvalue weighted by molar-refractivity contribution is 0.432. The van der Waals surface area contributed by atoms with Crippen LogP contribution < -0.4 is 0 Å². The molecule has 0 atom stereocenters. The van der Waals surface area contributed by atoms with Crippen LogP contribution in [0.15, 0.2) is 0 Å². The maximum absolute atomic E-state index is 2.71. The summed E-state index contributed by atoms with van der Waals surface area (Å²) in [6.45, 7) is 5.14. The highest BCUT2D eigenvalue weighted by Crippen LogP contribution is 2.43. The van der Waals surface area contributed by atoms with E-state index in [-0.39, 0.29) is 0 Å². The molecule has 0 aromatic heterocycles. The van der Waals surface area contributed by atoms with Gasteiger partial charge in [-0.1, -0.05) is 159 Å². The minimum Gasteiger partial charge on any atom is -0.0688 e. The van der Waals surface area contributed by atoms with E-state index in [2.05, 4.69) is 28.2 Å². The van der Waals surface area contributed by atoms with Crippen LogP contribution in [0, 0.1) is 0 Å². The van der Waals surface area contributed by atoms with Crippen molar-refractivity contribution in [3.63, 3.8) is 0 Å². The average molecular weight is 370 g/mol. The summed E-state index contributed by atoms with van der Waals surface area (Å²) in [5, 5.41) is 0.908. The molecule has 2 rings (SSSR count). The highest BCUT2D eigenvalue weighted by molar-refractivity contribution is 7.03. The van der Waals surface area contributed by atoms with Crippen LogP contribution in [-0.2, 0) is 0 Å². The molecule has 0 amide bonds. The van der Waals surface area contributed by atoms with Gasteiger partial charge in [-0.15, -0.1) is 0 Å². The van der Waals surface area contributed by atoms with E-state index in [1.807, 2.05) is 0 Å². The molecular formula is C25H48B2. The van der Waals surface area contributed by atoms with Crippen LogP contribution in [0.2, 0.25) is 10.6 Å². The van der Waals surface area contributed by atoms with Gasteiger partial charge in [-0.05, 0) is 0 Å². The average Bonchev–Trinajstić information content (AvgIpc) is 2.69. The van der Waals surface area contributed by atoms with Gasteiger partial charge in [-0.3, -0.25) is 0 Å². The third-order valence-electron chi connectivity index (χ3n) is 7.63. The van der Waals surface area contributed by atoms with Gasteiger partial charge in [0.15, 0.2) is 0 Å². The first-order chi connectivity index (χ1) is 13.1. The molecule has 0 bridgehead atoms. The topological polar surface area (TPSA) is 0 Å². The minimum atomic E-state index is 0.453. The van der Waals surface area contributed by atoms with Gasteiger partial charge < -0.3 is 0 Å². The summed E-state index contributed by atoms with van der Waals surface area (Å²) in [5.41, 5.74) is 0. The highest BCUT2D eigenvalue weighted by Gasteiger charge is 2.31. The van der Waals surface area contributed by atoms with Crippen molar-refractivity contribution in [1.82, 2.24) is 0 Å². The van der Waals surface area contributed by atoms with Crippen LogP contribution in [0.4, 0.5) is 0 Å². The summed E-state index contributed by atoms with van der Waals surface area (Å²) in [7, 11) is 5.41. The summed E-state index contributed by atoms with van der Waals surface area (Å²) < 4.78 is 0. The Morgan fingerprint density at radius 1 is 0.333 bits per heavy atom. The lowest BCUT2D eigenvalue weighted by Crippen LogP contribution is -2.31. The molecule has 27 heavy (non-hydrogen) atoms. The van der Waals surface area contributed by atoms with Crippen LogP contribution in [0.1, 0.15) is 149 Å². The van der Waals surface area contributed by atoms with E-state index in [9.17, 15) is 0 Å². The van der Waals surface area contributed by atoms with Crippen LogP contribution in [0.3, 0.4) is 0 Å². The molecule has 2 aliphatic carbocycles. The fourth-order valence-corrected chi connectivity index (χ4v) is 5.40. The van der Waals surface area contributed by atoms with Crippen molar-refractivity contribution >= 4 is 14.3 Å². The van der Waals surface area contributed by atoms with E-state index in [1.54, 1.807) is 0 Å². The molecule has 0 spiro atoms. The number of hydrogen-bond donors (Lipinski definition) is 0. The molecule has 0 aromatic rings. The van der Waals surface area contributed by atoms with Crippen molar-refractivity contribution in [2.24, 2.45) is 0 Å². The molecule has 2 aliphatic rings. The van der Waals surface area contributed by atoms with E-state index < -0.39 is 0 Å². The molecule has 2 fully saturated rings. The molecule has 0 unspecified atom stereocenters. The molecule has 0 aliphatic heterocycles. The monoisotopic (exact) mass is 370 g/mol. The van der Waals surface area contributed by atoms with Gasteiger partial charge >= 0.3 is 0 Å². The maximum atomic E-state index is 2.71. The Kier molecular flexibility index (Phi) is 11.6. The van der Waals surface area contributed by atoms with Gasteiger partial charge in [0.05, 0.1) is 14.3 Å². The van der Waals surface area contributed by atoms with Gasteiger partial charge in [-0.25, -0.2) is 0 Å². The quantitative estimate of drug-likeness (QED) is 0.435. The maximum Gasteiger partial charge on any atom is 0.0742 e. The predicted molar refractivity (Wildman–Crippen MR) is 125 cm³/mol. The Bertz CT molecular complexity index is 341. The van der Waals surface area contributed by atoms with Crippen molar-refractivity contribution in [3.8, 4) is 0 Å². The zero-order chi connectivity index (χ0) is 19.3. The molecule has 0 aromatic carbocycles. The number of hydrogen-bond acceptors (Lipinski definition) is 0. The second-order valence-electron chi connectivity index (χ2n) is 10.7. The van der Waals surface area contributed by atoms with Crippen LogP contribution in [0.5, 0.6) is 0 Å². The molecule has 2 saturated carbocycles. The van der Waals surface area contributed by atoms with E-state index in [0.717, 1.165) is 0 Å². The van der Waals surface area contributed by atoms with E-state index >= 15 is 0 Å². The fraction of sp³-hybridized carbons (Fsp3) is 1.00. The van der Waals surface area contributed by atoms with Crippen molar-refractivity contribution in [3.05, 3.63) is 0 Å². The number of rotatable bonds is 3. The third kappa shape index (κ3) is 10.5. The predicted octanol–water partition coefficient (Wildman–Crippen LogP) is 8.89. The first kappa shape index (κ1) is 23.4. The van der Waals surface area contributed by atoms with Crippen LogP contribution >= 0.6 is 0 Å². The summed E-state index contributed by atoms with van der Waals surface area (Å²) in [5.74, 6) is 0. The first-order valence-corrected chi connectivity index (χ1v) is 12.8. The molecule has 154 valence electrons. The van der Waals surface area contributed by atoms with Gasteiger partial charge in [0.25, 0.3) is 0 Å². The molecular weight excluding hydrogens is 322 g/mol. The third-order valence-corrected chi connectivity index (χ3v) is 7.63. The molecule has 0 saturated heterocycles. The molecule has 0 heterocycles. The van der Waals surface area contributed by atoms with Gasteiger partial charge in [0.1, 0.15) is 0 Å². The largest absolute Gasteiger partial charge is 0.0742 e. The van der Waals surface area contributed by atoms with Gasteiger partial charge in [0, 0.05) is 0 Å². The fourth-order valence-electron chi connectivity index (χ4n) is 5.40. The van der Waals surface area contributed by atoms with E-state index in [4.69, 9.17) is 0 Å². The van der Waals surface area contributed by atoms with Crippen molar-refractivity contribution in [1.29, 1.82) is 0 Å². The second-order valence-corrected chi connectivity index (χ2v) is 10.7. The van der Waals surface area contributed by atoms with Crippen molar-refractivity contribution < 1.29 is 0 Å². The van der Waals surface area contributed by atoms with E-state index in [1.165, 1.54) is 135 Å². The second kappa shape index (κ2) is 13.4. The Balaban J connectivity index is 1.86. The van der Waals surface area contributed by atoms with Crippen molar-refractivity contribution in [2.45, 2.75) is 159 Å². The van der Waals surface area contributed by atoms with Crippen LogP contribution in [-0.4, -0.2) is 14.3 Å². The zero-order valence-electron chi connectivity index (χ0n) is 19.0. The normalized spacial score (nSPS) is 26.6. The molecule has 0 N–H and O–H groups in total. The minimum absolute atomic E-state index is 0.453. The zero-order valence-corrected chi connectivity index (χ0v) is 19.0. The Morgan fingerprint density at radius 3 is 0.741 bits per heavy atom. The lowest BCUT2D eigenvalue weighted by Gasteiger charge is -2.36. The molecule has 0 nitrogen and oxygen atoms in total. The lowest BCUT2D eigenvalue weighted by atomic mass is 9.20. The van der Waals surface area contributed by atoms with Crippen molar-refractivity contribution in [2.75, 3.05) is 0 Å². The Morgan fingerprint density at radius 2 is 0.519 bits per heavy atom. The van der Waals surface area contributed by atoms with Crippen LogP contribution in [0.25, 0.3) is 0 Å². The van der Waals surface area contributed by atoms with Gasteiger partial charge in [0.2, 0.25) is 0 Å². The molecule has 2 radical (unpaired) electrons. The molecule has 2 heteroatoms. The summed E-state index contributed by atoms with van der Waals surface area (Å²) in [6.07, 6.45) is 30.5.